The maximum absolute atomic E-state index is 12.8. The summed E-state index contributed by atoms with van der Waals surface area (Å²) in [6, 6.07) is 3.47. The summed E-state index contributed by atoms with van der Waals surface area (Å²) in [7, 11) is 0. The van der Waals surface area contributed by atoms with Gasteiger partial charge in [0.25, 0.3) is 0 Å². The molecule has 1 N–H and O–H groups in total. The standard InChI is InChI=1S/C14H17F3N2O/c1-13(2,3)19-7-6-12(20)18-10-8-9(14(15,16)17)4-5-11(10)19/h4-5,8H,6-7H2,1-3H3,(H,18,20). The van der Waals surface area contributed by atoms with Crippen LogP contribution in [0.2, 0.25) is 0 Å². The Morgan fingerprint density at radius 1 is 1.20 bits per heavy atom. The molecule has 20 heavy (non-hydrogen) atoms. The minimum absolute atomic E-state index is 0.220. The van der Waals surface area contributed by atoms with Gasteiger partial charge in [0.2, 0.25) is 5.91 Å². The molecule has 1 aliphatic heterocycles. The van der Waals surface area contributed by atoms with Gasteiger partial charge in [0.15, 0.2) is 0 Å². The van der Waals surface area contributed by atoms with Gasteiger partial charge in [0.1, 0.15) is 0 Å². The van der Waals surface area contributed by atoms with Crippen LogP contribution in [0.3, 0.4) is 0 Å². The molecule has 0 spiro atoms. The van der Waals surface area contributed by atoms with Crippen molar-refractivity contribution in [1.29, 1.82) is 0 Å². The van der Waals surface area contributed by atoms with E-state index in [1.54, 1.807) is 0 Å². The molecule has 3 nitrogen and oxygen atoms in total. The molecule has 0 aromatic heterocycles. The molecule has 0 unspecified atom stereocenters. The zero-order valence-corrected chi connectivity index (χ0v) is 11.6. The van der Waals surface area contributed by atoms with Crippen molar-refractivity contribution in [2.24, 2.45) is 0 Å². The van der Waals surface area contributed by atoms with Crippen LogP contribution in [0.25, 0.3) is 0 Å². The smallest absolute Gasteiger partial charge is 0.364 e. The Hall–Kier alpha value is -1.72. The molecule has 1 aromatic rings. The highest BCUT2D eigenvalue weighted by Gasteiger charge is 2.33. The first-order chi connectivity index (χ1) is 9.09. The number of anilines is 2. The molecule has 1 aliphatic rings. The normalized spacial score (nSPS) is 16.5. The number of nitrogens with one attached hydrogen (secondary N) is 1. The van der Waals surface area contributed by atoms with E-state index in [0.29, 0.717) is 12.2 Å². The Morgan fingerprint density at radius 2 is 1.85 bits per heavy atom. The number of benzene rings is 1. The second-order valence-corrected chi connectivity index (χ2v) is 5.85. The Morgan fingerprint density at radius 3 is 2.40 bits per heavy atom. The van der Waals surface area contributed by atoms with Gasteiger partial charge in [0.05, 0.1) is 16.9 Å². The fourth-order valence-corrected chi connectivity index (χ4v) is 2.29. The van der Waals surface area contributed by atoms with Crippen LogP contribution >= 0.6 is 0 Å². The van der Waals surface area contributed by atoms with E-state index in [1.165, 1.54) is 6.07 Å². The molecule has 1 aromatic carbocycles. The fraction of sp³-hybridized carbons (Fsp3) is 0.500. The molecule has 0 fully saturated rings. The molecule has 0 atom stereocenters. The van der Waals surface area contributed by atoms with Crippen molar-refractivity contribution in [3.8, 4) is 0 Å². The third kappa shape index (κ3) is 2.89. The number of hydrogen-bond donors (Lipinski definition) is 1. The van der Waals surface area contributed by atoms with E-state index >= 15 is 0 Å². The van der Waals surface area contributed by atoms with Crippen molar-refractivity contribution in [3.63, 3.8) is 0 Å². The van der Waals surface area contributed by atoms with Crippen molar-refractivity contribution >= 4 is 17.3 Å². The van der Waals surface area contributed by atoms with Crippen LogP contribution in [0.1, 0.15) is 32.8 Å². The first-order valence-electron chi connectivity index (χ1n) is 6.38. The number of hydrogen-bond acceptors (Lipinski definition) is 2. The molecule has 0 saturated carbocycles. The number of nitrogens with zero attached hydrogens (tertiary/aromatic N) is 1. The highest BCUT2D eigenvalue weighted by molar-refractivity contribution is 5.96. The van der Waals surface area contributed by atoms with Crippen LogP contribution in [-0.2, 0) is 11.0 Å². The van der Waals surface area contributed by atoms with E-state index in [9.17, 15) is 18.0 Å². The third-order valence-corrected chi connectivity index (χ3v) is 3.26. The first kappa shape index (κ1) is 14.7. The predicted octanol–water partition coefficient (Wildman–Crippen LogP) is 3.65. The average molecular weight is 286 g/mol. The molecular formula is C14H17F3N2O. The Balaban J connectivity index is 2.53. The molecule has 1 heterocycles. The number of carbonyl (C=O) groups is 1. The van der Waals surface area contributed by atoms with E-state index in [2.05, 4.69) is 5.32 Å². The maximum atomic E-state index is 12.8. The summed E-state index contributed by atoms with van der Waals surface area (Å²) in [4.78, 5) is 13.6. The molecule has 6 heteroatoms. The van der Waals surface area contributed by atoms with Gasteiger partial charge in [-0.2, -0.15) is 13.2 Å². The molecule has 1 amide bonds. The summed E-state index contributed by atoms with van der Waals surface area (Å²) in [5, 5.41) is 2.56. The largest absolute Gasteiger partial charge is 0.416 e. The lowest BCUT2D eigenvalue weighted by molar-refractivity contribution is -0.137. The maximum Gasteiger partial charge on any atom is 0.416 e. The van der Waals surface area contributed by atoms with Gasteiger partial charge in [-0.25, -0.2) is 0 Å². The summed E-state index contributed by atoms with van der Waals surface area (Å²) in [6.07, 6.45) is -4.16. The summed E-state index contributed by atoms with van der Waals surface area (Å²) >= 11 is 0. The van der Waals surface area contributed by atoms with Gasteiger partial charge < -0.3 is 10.2 Å². The number of amides is 1. The molecule has 2 rings (SSSR count). The van der Waals surface area contributed by atoms with Gasteiger partial charge in [0, 0.05) is 18.5 Å². The minimum Gasteiger partial charge on any atom is -0.364 e. The van der Waals surface area contributed by atoms with Crippen LogP contribution in [0.15, 0.2) is 18.2 Å². The van der Waals surface area contributed by atoms with Crippen LogP contribution in [-0.4, -0.2) is 18.0 Å². The number of fused-ring (bicyclic) bond motifs is 1. The van der Waals surface area contributed by atoms with E-state index in [1.807, 2.05) is 25.7 Å². The molecule has 0 bridgehead atoms. The van der Waals surface area contributed by atoms with Gasteiger partial charge >= 0.3 is 6.18 Å². The lowest BCUT2D eigenvalue weighted by Crippen LogP contribution is -2.42. The quantitative estimate of drug-likeness (QED) is 0.789. The third-order valence-electron chi connectivity index (χ3n) is 3.26. The monoisotopic (exact) mass is 286 g/mol. The summed E-state index contributed by atoms with van der Waals surface area (Å²) < 4.78 is 38.3. The summed E-state index contributed by atoms with van der Waals surface area (Å²) in [5.74, 6) is -0.266. The highest BCUT2D eigenvalue weighted by Crippen LogP contribution is 2.38. The van der Waals surface area contributed by atoms with Crippen molar-refractivity contribution in [3.05, 3.63) is 23.8 Å². The Kier molecular flexibility index (Phi) is 3.44. The number of carbonyl (C=O) groups excluding carboxylic acids is 1. The molecule has 0 aliphatic carbocycles. The highest BCUT2D eigenvalue weighted by atomic mass is 19.4. The molecule has 110 valence electrons. The van der Waals surface area contributed by atoms with Gasteiger partial charge in [-0.3, -0.25) is 4.79 Å². The number of halogens is 3. The van der Waals surface area contributed by atoms with Gasteiger partial charge in [-0.1, -0.05) is 0 Å². The van der Waals surface area contributed by atoms with E-state index in [-0.39, 0.29) is 23.6 Å². The molecule has 0 saturated heterocycles. The van der Waals surface area contributed by atoms with Crippen molar-refractivity contribution < 1.29 is 18.0 Å². The van der Waals surface area contributed by atoms with Crippen molar-refractivity contribution in [2.45, 2.75) is 38.9 Å². The van der Waals surface area contributed by atoms with Crippen molar-refractivity contribution in [1.82, 2.24) is 0 Å². The lowest BCUT2D eigenvalue weighted by atomic mass is 10.0. The van der Waals surface area contributed by atoms with Crippen LogP contribution < -0.4 is 10.2 Å². The minimum atomic E-state index is -4.42. The predicted molar refractivity (Wildman–Crippen MR) is 71.8 cm³/mol. The van der Waals surface area contributed by atoms with Crippen LogP contribution in [0, 0.1) is 0 Å². The number of rotatable bonds is 0. The SMILES string of the molecule is CC(C)(C)N1CCC(=O)Nc2cc(C(F)(F)F)ccc21. The van der Waals surface area contributed by atoms with Gasteiger partial charge in [-0.05, 0) is 39.0 Å². The van der Waals surface area contributed by atoms with E-state index in [4.69, 9.17) is 0 Å². The first-order valence-corrected chi connectivity index (χ1v) is 6.38. The van der Waals surface area contributed by atoms with Crippen LogP contribution in [0.5, 0.6) is 0 Å². The summed E-state index contributed by atoms with van der Waals surface area (Å²) in [6.45, 7) is 6.37. The topological polar surface area (TPSA) is 32.3 Å². The second-order valence-electron chi connectivity index (χ2n) is 5.85. The van der Waals surface area contributed by atoms with E-state index < -0.39 is 11.7 Å². The zero-order chi connectivity index (χ0) is 15.1. The lowest BCUT2D eigenvalue weighted by Gasteiger charge is -2.37. The van der Waals surface area contributed by atoms with Crippen molar-refractivity contribution in [2.75, 3.05) is 16.8 Å². The van der Waals surface area contributed by atoms with Crippen LogP contribution in [0.4, 0.5) is 24.5 Å². The zero-order valence-electron chi connectivity index (χ0n) is 11.6. The molecular weight excluding hydrogens is 269 g/mol. The number of alkyl halides is 3. The average Bonchev–Trinajstić information content (AvgIpc) is 2.44. The fourth-order valence-electron chi connectivity index (χ4n) is 2.29. The van der Waals surface area contributed by atoms with E-state index in [0.717, 1.165) is 12.1 Å². The van der Waals surface area contributed by atoms with Gasteiger partial charge in [-0.15, -0.1) is 0 Å². The molecule has 0 radical (unpaired) electrons. The Labute approximate surface area is 115 Å². The summed E-state index contributed by atoms with van der Waals surface area (Å²) in [5.41, 5.74) is -0.193. The Bertz CT molecular complexity index is 532. The second kappa shape index (κ2) is 4.68.